The van der Waals surface area contributed by atoms with Crippen LogP contribution in [-0.2, 0) is 43.0 Å². The highest BCUT2D eigenvalue weighted by atomic mass is 16.6. The van der Waals surface area contributed by atoms with Crippen LogP contribution in [0.15, 0.2) is 0 Å². The molecule has 0 aliphatic rings. The van der Waals surface area contributed by atoms with Gasteiger partial charge < -0.3 is 19.3 Å². The molecule has 0 rings (SSSR count). The molecular formula is C36H62O10. The van der Waals surface area contributed by atoms with Gasteiger partial charge in [-0.05, 0) is 57.8 Å². The van der Waals surface area contributed by atoms with Gasteiger partial charge in [0.25, 0.3) is 0 Å². The Hall–Kier alpha value is -2.62. The quantitative estimate of drug-likeness (QED) is 0.0503. The van der Waals surface area contributed by atoms with Crippen LogP contribution in [0.1, 0.15) is 170 Å². The summed E-state index contributed by atoms with van der Waals surface area (Å²) in [5, 5.41) is 11.6. The molecule has 0 saturated carbocycles. The molecule has 0 saturated heterocycles. The van der Waals surface area contributed by atoms with Crippen molar-refractivity contribution >= 4 is 35.3 Å². The first-order chi connectivity index (χ1) is 21.9. The minimum absolute atomic E-state index is 0.157. The number of hydrogen-bond donors (Lipinski definition) is 1. The molecule has 10 nitrogen and oxygen atoms in total. The lowest BCUT2D eigenvalue weighted by Crippen LogP contribution is -2.48. The lowest BCUT2D eigenvalue weighted by Gasteiger charge is -2.28. The molecule has 0 spiro atoms. The van der Waals surface area contributed by atoms with Gasteiger partial charge in [-0.25, -0.2) is 4.79 Å². The van der Waals surface area contributed by atoms with E-state index in [-0.39, 0.29) is 43.0 Å². The summed E-state index contributed by atoms with van der Waals surface area (Å²) >= 11 is 0. The fourth-order valence-electron chi connectivity index (χ4n) is 5.14. The molecule has 0 aromatic heterocycles. The summed E-state index contributed by atoms with van der Waals surface area (Å²) in [5.74, 6) is -4.27. The SMILES string of the molecule is CCCCCC(OC(=O)CC(O)(CC(=O)OC(CCCCC)C(=O)CCC)C(=O)OC(CCCCC)C(=O)CCC)C(=O)CCC. The van der Waals surface area contributed by atoms with Gasteiger partial charge in [-0.1, -0.05) is 80.1 Å². The molecule has 0 amide bonds. The topological polar surface area (TPSA) is 150 Å². The van der Waals surface area contributed by atoms with Crippen LogP contribution in [0.3, 0.4) is 0 Å². The van der Waals surface area contributed by atoms with Crippen LogP contribution in [0.5, 0.6) is 0 Å². The Balaban J connectivity index is 6.24. The molecule has 0 aromatic carbocycles. The molecule has 0 aliphatic heterocycles. The van der Waals surface area contributed by atoms with E-state index in [4.69, 9.17) is 14.2 Å². The second kappa shape index (κ2) is 25.5. The zero-order chi connectivity index (χ0) is 35.0. The first-order valence-corrected chi connectivity index (χ1v) is 17.8. The highest BCUT2D eigenvalue weighted by molar-refractivity contribution is 5.94. The van der Waals surface area contributed by atoms with Crippen LogP contribution < -0.4 is 0 Å². The predicted molar refractivity (Wildman–Crippen MR) is 176 cm³/mol. The number of ether oxygens (including phenoxy) is 3. The minimum Gasteiger partial charge on any atom is -0.454 e. The minimum atomic E-state index is -2.74. The number of carbonyl (C=O) groups excluding carboxylic acids is 6. The molecule has 46 heavy (non-hydrogen) atoms. The van der Waals surface area contributed by atoms with Crippen LogP contribution in [0.25, 0.3) is 0 Å². The average Bonchev–Trinajstić information content (AvgIpc) is 2.99. The van der Waals surface area contributed by atoms with Gasteiger partial charge in [-0.3, -0.25) is 24.0 Å². The number of ketones is 3. The smallest absolute Gasteiger partial charge is 0.340 e. The first kappa shape index (κ1) is 43.4. The first-order valence-electron chi connectivity index (χ1n) is 17.8. The molecule has 0 bridgehead atoms. The predicted octanol–water partition coefficient (Wildman–Crippen LogP) is 7.08. The van der Waals surface area contributed by atoms with Gasteiger partial charge in [0.15, 0.2) is 41.3 Å². The maximum absolute atomic E-state index is 13.6. The third kappa shape index (κ3) is 17.9. The Morgan fingerprint density at radius 1 is 0.478 bits per heavy atom. The third-order valence-electron chi connectivity index (χ3n) is 7.83. The summed E-state index contributed by atoms with van der Waals surface area (Å²) in [6, 6.07) is 0. The standard InChI is InChI=1S/C36H62O10/c1-7-13-16-22-30(27(37)19-10-4)44-33(40)25-36(43,35(42)46-32(24-18-15-9-3)29(39)21-12-6)26-34(41)45-31(23-17-14-8-2)28(38)20-11-5/h30-32,43H,7-26H2,1-6H3. The van der Waals surface area contributed by atoms with Crippen LogP contribution in [0.2, 0.25) is 0 Å². The number of aliphatic hydroxyl groups is 1. The Morgan fingerprint density at radius 2 is 0.783 bits per heavy atom. The van der Waals surface area contributed by atoms with E-state index in [0.29, 0.717) is 51.4 Å². The Kier molecular flexibility index (Phi) is 24.0. The molecule has 0 aromatic rings. The van der Waals surface area contributed by atoms with E-state index < -0.39 is 54.7 Å². The summed E-state index contributed by atoms with van der Waals surface area (Å²) < 4.78 is 16.5. The van der Waals surface area contributed by atoms with E-state index in [2.05, 4.69) is 0 Å². The summed E-state index contributed by atoms with van der Waals surface area (Å²) in [6.45, 7) is 11.5. The van der Waals surface area contributed by atoms with E-state index in [1.54, 1.807) is 0 Å². The molecular weight excluding hydrogens is 592 g/mol. The largest absolute Gasteiger partial charge is 0.454 e. The Morgan fingerprint density at radius 3 is 1.07 bits per heavy atom. The van der Waals surface area contributed by atoms with Gasteiger partial charge in [0.2, 0.25) is 0 Å². The number of hydrogen-bond acceptors (Lipinski definition) is 10. The zero-order valence-electron chi connectivity index (χ0n) is 29.5. The average molecular weight is 655 g/mol. The highest BCUT2D eigenvalue weighted by Gasteiger charge is 2.46. The Labute approximate surface area is 277 Å². The lowest BCUT2D eigenvalue weighted by atomic mass is 9.94. The van der Waals surface area contributed by atoms with Gasteiger partial charge >= 0.3 is 17.9 Å². The van der Waals surface area contributed by atoms with Crippen molar-refractivity contribution in [1.29, 1.82) is 0 Å². The van der Waals surface area contributed by atoms with Gasteiger partial charge in [0.1, 0.15) is 0 Å². The molecule has 3 atom stereocenters. The fourth-order valence-corrected chi connectivity index (χ4v) is 5.14. The molecule has 0 aliphatic carbocycles. The summed E-state index contributed by atoms with van der Waals surface area (Å²) in [7, 11) is 0. The van der Waals surface area contributed by atoms with Crippen LogP contribution in [0.4, 0.5) is 0 Å². The maximum Gasteiger partial charge on any atom is 0.340 e. The number of rotatable bonds is 29. The van der Waals surface area contributed by atoms with Gasteiger partial charge in [-0.15, -0.1) is 0 Å². The van der Waals surface area contributed by atoms with Crippen LogP contribution in [0, 0.1) is 0 Å². The van der Waals surface area contributed by atoms with Crippen molar-refractivity contribution in [1.82, 2.24) is 0 Å². The highest BCUT2D eigenvalue weighted by Crippen LogP contribution is 2.25. The molecule has 0 heterocycles. The maximum atomic E-state index is 13.6. The second-order valence-electron chi connectivity index (χ2n) is 12.4. The van der Waals surface area contributed by atoms with E-state index in [0.717, 1.165) is 38.5 Å². The Bertz CT molecular complexity index is 880. The normalized spacial score (nSPS) is 14.4. The molecule has 1 N–H and O–H groups in total. The van der Waals surface area contributed by atoms with Gasteiger partial charge in [0.05, 0.1) is 12.8 Å². The molecule has 266 valence electrons. The second-order valence-corrected chi connectivity index (χ2v) is 12.4. The van der Waals surface area contributed by atoms with Crippen molar-refractivity contribution < 1.29 is 48.1 Å². The van der Waals surface area contributed by atoms with Crippen LogP contribution >= 0.6 is 0 Å². The number of unbranched alkanes of at least 4 members (excludes halogenated alkanes) is 6. The van der Waals surface area contributed by atoms with Gasteiger partial charge in [0, 0.05) is 19.3 Å². The van der Waals surface area contributed by atoms with E-state index in [1.807, 2.05) is 41.5 Å². The van der Waals surface area contributed by atoms with Crippen molar-refractivity contribution in [3.63, 3.8) is 0 Å². The molecule has 3 unspecified atom stereocenters. The molecule has 0 fully saturated rings. The van der Waals surface area contributed by atoms with Gasteiger partial charge in [-0.2, -0.15) is 0 Å². The summed E-state index contributed by atoms with van der Waals surface area (Å²) in [4.78, 5) is 78.3. The van der Waals surface area contributed by atoms with E-state index in [9.17, 15) is 33.9 Å². The number of Topliss-reactive ketones (excluding diaryl/α,β-unsaturated/α-hetero) is 3. The fraction of sp³-hybridized carbons (Fsp3) is 0.833. The van der Waals surface area contributed by atoms with Crippen molar-refractivity contribution in [2.45, 2.75) is 194 Å². The molecule has 10 heteroatoms. The van der Waals surface area contributed by atoms with Crippen LogP contribution in [-0.4, -0.2) is 64.3 Å². The third-order valence-corrected chi connectivity index (χ3v) is 7.83. The monoisotopic (exact) mass is 654 g/mol. The summed E-state index contributed by atoms with van der Waals surface area (Å²) in [6.07, 6.45) is 4.83. The van der Waals surface area contributed by atoms with E-state index in [1.165, 1.54) is 0 Å². The van der Waals surface area contributed by atoms with E-state index >= 15 is 0 Å². The number of carbonyl (C=O) groups is 6. The van der Waals surface area contributed by atoms with Crippen molar-refractivity contribution in [2.75, 3.05) is 0 Å². The zero-order valence-corrected chi connectivity index (χ0v) is 29.5. The lowest BCUT2D eigenvalue weighted by molar-refractivity contribution is -0.185. The van der Waals surface area contributed by atoms with Crippen molar-refractivity contribution in [2.24, 2.45) is 0 Å². The van der Waals surface area contributed by atoms with Crippen molar-refractivity contribution in [3.05, 3.63) is 0 Å². The summed E-state index contributed by atoms with van der Waals surface area (Å²) in [5.41, 5.74) is -2.74. The van der Waals surface area contributed by atoms with Crippen molar-refractivity contribution in [3.8, 4) is 0 Å². The molecule has 0 radical (unpaired) electrons. The number of esters is 3.